The lowest BCUT2D eigenvalue weighted by Gasteiger charge is -2.35. The Labute approximate surface area is 157 Å². The van der Waals surface area contributed by atoms with Crippen molar-refractivity contribution >= 4 is 16.0 Å². The van der Waals surface area contributed by atoms with E-state index < -0.39 is 28.5 Å². The molecule has 1 saturated heterocycles. The van der Waals surface area contributed by atoms with Gasteiger partial charge in [-0.3, -0.25) is 0 Å². The minimum Gasteiger partial charge on any atom is -0.367 e. The van der Waals surface area contributed by atoms with Gasteiger partial charge in [-0.1, -0.05) is 13.3 Å². The van der Waals surface area contributed by atoms with Crippen molar-refractivity contribution in [2.24, 2.45) is 0 Å². The number of rotatable bonds is 4. The summed E-state index contributed by atoms with van der Waals surface area (Å²) in [6.07, 6.45) is -1.86. The first-order chi connectivity index (χ1) is 12.6. The number of halogens is 3. The van der Waals surface area contributed by atoms with E-state index >= 15 is 0 Å². The van der Waals surface area contributed by atoms with Gasteiger partial charge in [0.2, 0.25) is 0 Å². The molecule has 27 heavy (non-hydrogen) atoms. The summed E-state index contributed by atoms with van der Waals surface area (Å²) < 4.78 is 69.4. The summed E-state index contributed by atoms with van der Waals surface area (Å²) in [6, 6.07) is -0.967. The summed E-state index contributed by atoms with van der Waals surface area (Å²) in [4.78, 5) is 0. The van der Waals surface area contributed by atoms with Gasteiger partial charge in [-0.25, -0.2) is 4.68 Å². The van der Waals surface area contributed by atoms with E-state index in [1.54, 1.807) is 6.07 Å². The fraction of sp³-hybridized carbons (Fsp3) is 0.812. The highest BCUT2D eigenvalue weighted by molar-refractivity contribution is 7.86. The van der Waals surface area contributed by atoms with Gasteiger partial charge in [-0.15, -0.1) is 0 Å². The maximum Gasteiger partial charge on any atom is 0.410 e. The second-order valence-electron chi connectivity index (χ2n) is 7.35. The molecule has 1 aromatic heterocycles. The van der Waals surface area contributed by atoms with E-state index in [-0.39, 0.29) is 12.5 Å². The number of hydrogen-bond donors (Lipinski definition) is 1. The van der Waals surface area contributed by atoms with Gasteiger partial charge in [0.15, 0.2) is 6.04 Å². The normalized spacial score (nSPS) is 27.4. The summed E-state index contributed by atoms with van der Waals surface area (Å²) in [5.74, 6) is 0.304. The molecule has 7 nitrogen and oxygen atoms in total. The van der Waals surface area contributed by atoms with E-state index in [2.05, 4.69) is 10.4 Å². The molecule has 0 spiro atoms. The van der Waals surface area contributed by atoms with Gasteiger partial charge in [0, 0.05) is 32.7 Å². The molecule has 0 aliphatic carbocycles. The third-order valence-electron chi connectivity index (χ3n) is 5.33. The van der Waals surface area contributed by atoms with E-state index in [1.165, 1.54) is 18.4 Å². The molecule has 1 aromatic rings. The summed E-state index contributed by atoms with van der Waals surface area (Å²) in [5.41, 5.74) is 0.369. The van der Waals surface area contributed by atoms with Crippen LogP contribution in [0.25, 0.3) is 0 Å². The maximum atomic E-state index is 13.6. The predicted molar refractivity (Wildman–Crippen MR) is 95.5 cm³/mol. The van der Waals surface area contributed by atoms with E-state index in [4.69, 9.17) is 0 Å². The zero-order chi connectivity index (χ0) is 20.0. The van der Waals surface area contributed by atoms with Crippen LogP contribution in [0.3, 0.4) is 0 Å². The van der Waals surface area contributed by atoms with Gasteiger partial charge in [-0.2, -0.15) is 35.3 Å². The van der Waals surface area contributed by atoms with Crippen LogP contribution in [0.5, 0.6) is 0 Å². The molecule has 11 heteroatoms. The van der Waals surface area contributed by atoms with Crippen LogP contribution in [0.2, 0.25) is 0 Å². The van der Waals surface area contributed by atoms with Gasteiger partial charge in [-0.05, 0) is 25.7 Å². The van der Waals surface area contributed by atoms with Crippen LogP contribution in [0, 0.1) is 0 Å². The number of aromatic nitrogens is 2. The van der Waals surface area contributed by atoms with Crippen molar-refractivity contribution in [2.75, 3.05) is 26.0 Å². The van der Waals surface area contributed by atoms with Crippen molar-refractivity contribution in [3.05, 3.63) is 11.8 Å². The van der Waals surface area contributed by atoms with Gasteiger partial charge in [0.05, 0.1) is 11.7 Å². The van der Waals surface area contributed by atoms with E-state index in [0.29, 0.717) is 30.9 Å². The minimum absolute atomic E-state index is 0.0848. The van der Waals surface area contributed by atoms with Gasteiger partial charge < -0.3 is 5.32 Å². The lowest BCUT2D eigenvalue weighted by Crippen LogP contribution is -2.44. The molecular weight excluding hydrogens is 383 g/mol. The van der Waals surface area contributed by atoms with E-state index in [0.717, 1.165) is 21.8 Å². The second kappa shape index (κ2) is 7.25. The number of fused-ring (bicyclic) bond motifs is 1. The van der Waals surface area contributed by atoms with Crippen molar-refractivity contribution in [1.29, 1.82) is 0 Å². The molecule has 1 fully saturated rings. The molecule has 0 amide bonds. The van der Waals surface area contributed by atoms with Crippen LogP contribution in [-0.2, 0) is 10.2 Å². The highest BCUT2D eigenvalue weighted by Crippen LogP contribution is 2.42. The number of piperidine rings is 1. The molecule has 1 N–H and O–H groups in total. The van der Waals surface area contributed by atoms with Crippen LogP contribution in [0.1, 0.15) is 56.8 Å². The smallest absolute Gasteiger partial charge is 0.367 e. The highest BCUT2D eigenvalue weighted by atomic mass is 32.2. The first-order valence-electron chi connectivity index (χ1n) is 9.17. The number of anilines is 1. The van der Waals surface area contributed by atoms with Gasteiger partial charge in [0.1, 0.15) is 5.82 Å². The third-order valence-corrected chi connectivity index (χ3v) is 7.29. The summed E-state index contributed by atoms with van der Waals surface area (Å²) in [7, 11) is -0.780. The molecule has 2 aliphatic heterocycles. The predicted octanol–water partition coefficient (Wildman–Crippen LogP) is 2.91. The Balaban J connectivity index is 2.00. The van der Waals surface area contributed by atoms with Crippen LogP contribution in [-0.4, -0.2) is 59.7 Å². The lowest BCUT2D eigenvalue weighted by molar-refractivity contribution is -0.173. The van der Waals surface area contributed by atoms with Crippen LogP contribution in [0.15, 0.2) is 6.07 Å². The Hall–Kier alpha value is -1.33. The molecule has 1 unspecified atom stereocenters. The SMILES string of the molecule is CC[C@@H]1C[C@H](C(F)(F)F)n2nc(C3CCCCN3S(=O)(=O)N(C)C)cc2N1. The van der Waals surface area contributed by atoms with Gasteiger partial charge >= 0.3 is 6.18 Å². The number of alkyl halides is 3. The van der Waals surface area contributed by atoms with Crippen LogP contribution < -0.4 is 5.32 Å². The topological polar surface area (TPSA) is 70.5 Å². The molecule has 0 radical (unpaired) electrons. The fourth-order valence-corrected chi connectivity index (χ4v) is 5.10. The summed E-state index contributed by atoms with van der Waals surface area (Å²) >= 11 is 0. The monoisotopic (exact) mass is 409 g/mol. The molecule has 0 bridgehead atoms. The largest absolute Gasteiger partial charge is 0.410 e. The Morgan fingerprint density at radius 1 is 1.33 bits per heavy atom. The molecule has 3 atom stereocenters. The van der Waals surface area contributed by atoms with Crippen molar-refractivity contribution < 1.29 is 21.6 Å². The molecule has 2 aliphatic rings. The molecule has 154 valence electrons. The van der Waals surface area contributed by atoms with Crippen molar-refractivity contribution in [1.82, 2.24) is 18.4 Å². The molecule has 3 rings (SSSR count). The zero-order valence-corrected chi connectivity index (χ0v) is 16.5. The van der Waals surface area contributed by atoms with Crippen LogP contribution in [0.4, 0.5) is 19.0 Å². The Morgan fingerprint density at radius 2 is 2.04 bits per heavy atom. The molecule has 0 aromatic carbocycles. The zero-order valence-electron chi connectivity index (χ0n) is 15.7. The third kappa shape index (κ3) is 3.81. The van der Waals surface area contributed by atoms with Gasteiger partial charge in [0.25, 0.3) is 10.2 Å². The average molecular weight is 409 g/mol. The maximum absolute atomic E-state index is 13.6. The number of hydrogen-bond acceptors (Lipinski definition) is 4. The van der Waals surface area contributed by atoms with Crippen molar-refractivity contribution in [3.63, 3.8) is 0 Å². The highest BCUT2D eigenvalue weighted by Gasteiger charge is 2.47. The Bertz CT molecular complexity index is 778. The first kappa shape index (κ1) is 20.4. The van der Waals surface area contributed by atoms with E-state index in [9.17, 15) is 21.6 Å². The van der Waals surface area contributed by atoms with Crippen molar-refractivity contribution in [2.45, 2.75) is 63.3 Å². The number of nitrogens with one attached hydrogen (secondary N) is 1. The van der Waals surface area contributed by atoms with E-state index in [1.807, 2.05) is 6.92 Å². The summed E-state index contributed by atoms with van der Waals surface area (Å²) in [5, 5.41) is 7.33. The number of nitrogens with zero attached hydrogens (tertiary/aromatic N) is 4. The lowest BCUT2D eigenvalue weighted by atomic mass is 10.0. The quantitative estimate of drug-likeness (QED) is 0.830. The van der Waals surface area contributed by atoms with Crippen LogP contribution >= 0.6 is 0 Å². The Kier molecular flexibility index (Phi) is 5.48. The first-order valence-corrected chi connectivity index (χ1v) is 10.6. The summed E-state index contributed by atoms with van der Waals surface area (Å²) in [6.45, 7) is 2.17. The second-order valence-corrected chi connectivity index (χ2v) is 9.45. The fourth-order valence-electron chi connectivity index (χ4n) is 3.79. The minimum atomic E-state index is -4.41. The average Bonchev–Trinajstić information content (AvgIpc) is 3.03. The molecule has 3 heterocycles. The molecular formula is C16H26F3N5O2S. The van der Waals surface area contributed by atoms with Crippen molar-refractivity contribution in [3.8, 4) is 0 Å². The standard InChI is InChI=1S/C16H26F3N5O2S/c1-4-11-9-14(16(17,18)19)24-15(20-11)10-12(21-24)13-7-5-6-8-23(13)27(25,26)22(2)3/h10-11,13-14,20H,4-9H2,1-3H3/t11-,13?,14-/m1/s1. The Morgan fingerprint density at radius 3 is 2.63 bits per heavy atom. The molecule has 0 saturated carbocycles.